The Bertz CT molecular complexity index is 1220. The Morgan fingerprint density at radius 1 is 1.03 bits per heavy atom. The van der Waals surface area contributed by atoms with Crippen molar-refractivity contribution in [2.45, 2.75) is 31.2 Å². The molecule has 1 aliphatic rings. The van der Waals surface area contributed by atoms with Gasteiger partial charge >= 0.3 is 0 Å². The van der Waals surface area contributed by atoms with Crippen LogP contribution in [0.4, 0.5) is 0 Å². The maximum absolute atomic E-state index is 13.6. The number of benzene rings is 2. The number of pyridine rings is 1. The van der Waals surface area contributed by atoms with E-state index in [0.717, 1.165) is 12.0 Å². The van der Waals surface area contributed by atoms with E-state index in [4.69, 9.17) is 4.74 Å². The second kappa shape index (κ2) is 10.6. The molecule has 4 rings (SSSR count). The fraction of sp³-hybridized carbons (Fsp3) is 0.333. The molecule has 1 amide bonds. The van der Waals surface area contributed by atoms with Crippen molar-refractivity contribution in [1.82, 2.24) is 14.6 Å². The lowest BCUT2D eigenvalue weighted by Gasteiger charge is -2.34. The van der Waals surface area contributed by atoms with Crippen LogP contribution in [0.5, 0.6) is 5.75 Å². The average Bonchev–Trinajstić information content (AvgIpc) is 2.87. The van der Waals surface area contributed by atoms with Crippen molar-refractivity contribution in [1.29, 1.82) is 0 Å². The van der Waals surface area contributed by atoms with E-state index in [-0.39, 0.29) is 28.0 Å². The molecule has 0 saturated carbocycles. The molecule has 2 heterocycles. The van der Waals surface area contributed by atoms with Crippen molar-refractivity contribution in [3.05, 3.63) is 89.7 Å². The lowest BCUT2D eigenvalue weighted by atomic mass is 9.94. The fourth-order valence-electron chi connectivity index (χ4n) is 4.70. The first kappa shape index (κ1) is 24.9. The third kappa shape index (κ3) is 5.55. The maximum Gasteiger partial charge on any atom is 0.252 e. The van der Waals surface area contributed by atoms with Gasteiger partial charge in [0.2, 0.25) is 10.0 Å². The Hall–Kier alpha value is -3.23. The Labute approximate surface area is 207 Å². The number of nitrogens with one attached hydrogen (secondary N) is 1. The summed E-state index contributed by atoms with van der Waals surface area (Å²) in [4.78, 5) is 17.8. The van der Waals surface area contributed by atoms with Gasteiger partial charge in [-0.05, 0) is 54.2 Å². The molecular formula is C27H31N3O4S. The van der Waals surface area contributed by atoms with Crippen molar-refractivity contribution in [2.75, 3.05) is 20.2 Å². The minimum absolute atomic E-state index is 0.00282. The molecule has 35 heavy (non-hydrogen) atoms. The number of hydrogen-bond donors (Lipinski definition) is 1. The standard InChI is InChI=1S/C27H31N3O4S/c1-19-15-20(2)18-30(17-19)35(32,33)25-16-22(12-13-24(25)34-3)27(31)29-26(21-9-5-4-6-10-21)23-11-7-8-14-28-23/h4-14,16,19-20,26H,15,17-18H2,1-3H3,(H,29,31)/t19-,20+,26-/m1/s1. The number of hydrogen-bond acceptors (Lipinski definition) is 5. The highest BCUT2D eigenvalue weighted by molar-refractivity contribution is 7.89. The molecule has 184 valence electrons. The predicted molar refractivity (Wildman–Crippen MR) is 135 cm³/mol. The molecule has 1 aromatic heterocycles. The molecule has 0 unspecified atom stereocenters. The first-order chi connectivity index (χ1) is 16.8. The molecule has 1 saturated heterocycles. The zero-order valence-electron chi connectivity index (χ0n) is 20.2. The molecule has 0 bridgehead atoms. The van der Waals surface area contributed by atoms with Crippen LogP contribution in [0.1, 0.15) is 47.9 Å². The van der Waals surface area contributed by atoms with E-state index in [0.29, 0.717) is 18.8 Å². The topological polar surface area (TPSA) is 88.6 Å². The summed E-state index contributed by atoms with van der Waals surface area (Å²) in [6.45, 7) is 5.01. The van der Waals surface area contributed by atoms with Crippen molar-refractivity contribution >= 4 is 15.9 Å². The van der Waals surface area contributed by atoms with Gasteiger partial charge in [0.25, 0.3) is 5.91 Å². The Kier molecular flexibility index (Phi) is 7.52. The number of nitrogens with zero attached hydrogens (tertiary/aromatic N) is 2. The Morgan fingerprint density at radius 3 is 2.34 bits per heavy atom. The van der Waals surface area contributed by atoms with Gasteiger partial charge in [-0.1, -0.05) is 50.2 Å². The summed E-state index contributed by atoms with van der Waals surface area (Å²) in [5, 5.41) is 3.03. The summed E-state index contributed by atoms with van der Waals surface area (Å²) in [7, 11) is -2.41. The van der Waals surface area contributed by atoms with Crippen LogP contribution >= 0.6 is 0 Å². The van der Waals surface area contributed by atoms with Crippen LogP contribution in [0.2, 0.25) is 0 Å². The summed E-state index contributed by atoms with van der Waals surface area (Å²) < 4.78 is 34.1. The number of methoxy groups -OCH3 is 1. The lowest BCUT2D eigenvalue weighted by molar-refractivity contribution is 0.0942. The van der Waals surface area contributed by atoms with E-state index in [1.165, 1.54) is 23.5 Å². The first-order valence-electron chi connectivity index (χ1n) is 11.7. The van der Waals surface area contributed by atoms with E-state index in [1.807, 2.05) is 48.5 Å². The van der Waals surface area contributed by atoms with Gasteiger partial charge in [0.15, 0.2) is 0 Å². The average molecular weight is 494 g/mol. The summed E-state index contributed by atoms with van der Waals surface area (Å²) >= 11 is 0. The monoisotopic (exact) mass is 493 g/mol. The second-order valence-electron chi connectivity index (χ2n) is 9.21. The largest absolute Gasteiger partial charge is 0.495 e. The molecule has 3 atom stereocenters. The summed E-state index contributed by atoms with van der Waals surface area (Å²) in [5.41, 5.74) is 1.79. The number of piperidine rings is 1. The van der Waals surface area contributed by atoms with Crippen molar-refractivity contribution in [3.8, 4) is 5.75 Å². The van der Waals surface area contributed by atoms with Crippen molar-refractivity contribution < 1.29 is 17.9 Å². The number of carbonyl (C=O) groups is 1. The zero-order valence-corrected chi connectivity index (χ0v) is 21.0. The number of sulfonamides is 1. The molecule has 0 aliphatic carbocycles. The van der Waals surface area contributed by atoms with Gasteiger partial charge in [-0.3, -0.25) is 9.78 Å². The van der Waals surface area contributed by atoms with E-state index >= 15 is 0 Å². The molecule has 0 spiro atoms. The quantitative estimate of drug-likeness (QED) is 0.531. The molecule has 3 aromatic rings. The van der Waals surface area contributed by atoms with Crippen LogP contribution in [-0.2, 0) is 10.0 Å². The van der Waals surface area contributed by atoms with Crippen LogP contribution in [0.25, 0.3) is 0 Å². The zero-order chi connectivity index (χ0) is 25.0. The van der Waals surface area contributed by atoms with Gasteiger partial charge in [-0.25, -0.2) is 8.42 Å². The molecule has 0 radical (unpaired) electrons. The minimum Gasteiger partial charge on any atom is -0.495 e. The summed E-state index contributed by atoms with van der Waals surface area (Å²) in [6, 6.07) is 19.1. The number of ether oxygens (including phenoxy) is 1. The van der Waals surface area contributed by atoms with Gasteiger partial charge < -0.3 is 10.1 Å². The van der Waals surface area contributed by atoms with Gasteiger partial charge in [0.1, 0.15) is 10.6 Å². The van der Waals surface area contributed by atoms with Gasteiger partial charge in [0, 0.05) is 24.8 Å². The Morgan fingerprint density at radius 2 is 1.71 bits per heavy atom. The Balaban J connectivity index is 1.67. The minimum atomic E-state index is -3.84. The van der Waals surface area contributed by atoms with Crippen LogP contribution < -0.4 is 10.1 Å². The molecule has 1 fully saturated rings. The van der Waals surface area contributed by atoms with E-state index in [1.54, 1.807) is 12.3 Å². The van der Waals surface area contributed by atoms with Crippen LogP contribution in [0.3, 0.4) is 0 Å². The lowest BCUT2D eigenvalue weighted by Crippen LogP contribution is -2.42. The van der Waals surface area contributed by atoms with Crippen LogP contribution in [0, 0.1) is 11.8 Å². The third-order valence-electron chi connectivity index (χ3n) is 6.27. The smallest absolute Gasteiger partial charge is 0.252 e. The molecular weight excluding hydrogens is 462 g/mol. The predicted octanol–water partition coefficient (Wildman–Crippen LogP) is 4.28. The molecule has 8 heteroatoms. The molecule has 1 aliphatic heterocycles. The highest BCUT2D eigenvalue weighted by Crippen LogP contribution is 2.32. The third-order valence-corrected chi connectivity index (χ3v) is 8.12. The summed E-state index contributed by atoms with van der Waals surface area (Å²) in [6.07, 6.45) is 2.66. The molecule has 2 aromatic carbocycles. The van der Waals surface area contributed by atoms with Gasteiger partial charge in [0.05, 0.1) is 18.8 Å². The highest BCUT2D eigenvalue weighted by Gasteiger charge is 2.34. The van der Waals surface area contributed by atoms with Gasteiger partial charge in [-0.2, -0.15) is 4.31 Å². The molecule has 7 nitrogen and oxygen atoms in total. The fourth-order valence-corrected chi connectivity index (χ4v) is 6.56. The number of rotatable bonds is 7. The first-order valence-corrected chi connectivity index (χ1v) is 13.2. The van der Waals surface area contributed by atoms with E-state index in [2.05, 4.69) is 24.1 Å². The van der Waals surface area contributed by atoms with Crippen molar-refractivity contribution in [2.24, 2.45) is 11.8 Å². The van der Waals surface area contributed by atoms with E-state index in [9.17, 15) is 13.2 Å². The maximum atomic E-state index is 13.6. The SMILES string of the molecule is COc1ccc(C(=O)N[C@H](c2ccccc2)c2ccccn2)cc1S(=O)(=O)N1C[C@H](C)C[C@H](C)C1. The highest BCUT2D eigenvalue weighted by atomic mass is 32.2. The van der Waals surface area contributed by atoms with E-state index < -0.39 is 22.0 Å². The van der Waals surface area contributed by atoms with Crippen molar-refractivity contribution in [3.63, 3.8) is 0 Å². The number of amides is 1. The normalized spacial score (nSPS) is 19.6. The number of carbonyl (C=O) groups excluding carboxylic acids is 1. The van der Waals surface area contributed by atoms with Gasteiger partial charge in [-0.15, -0.1) is 0 Å². The van der Waals surface area contributed by atoms with Crippen LogP contribution in [-0.4, -0.2) is 43.8 Å². The molecule has 1 N–H and O–H groups in total. The number of aromatic nitrogens is 1. The summed E-state index contributed by atoms with van der Waals surface area (Å²) in [5.74, 6) is 0.341. The van der Waals surface area contributed by atoms with Crippen LogP contribution in [0.15, 0.2) is 77.8 Å². The second-order valence-corrected chi connectivity index (χ2v) is 11.1.